The predicted octanol–water partition coefficient (Wildman–Crippen LogP) is 2.21. The number of benzene rings is 1. The van der Waals surface area contributed by atoms with Gasteiger partial charge in [-0.3, -0.25) is 4.79 Å². The molecule has 0 spiro atoms. The van der Waals surface area contributed by atoms with Crippen LogP contribution in [-0.4, -0.2) is 23.5 Å². The number of aromatic nitrogens is 2. The molecule has 0 fully saturated rings. The first-order chi connectivity index (χ1) is 8.83. The lowest BCUT2D eigenvalue weighted by Gasteiger charge is -2.05. The quantitative estimate of drug-likeness (QED) is 0.734. The normalized spacial score (nSPS) is 10.9. The fourth-order valence-corrected chi connectivity index (χ4v) is 1.97. The molecule has 2 aromatic rings. The van der Waals surface area contributed by atoms with Crippen molar-refractivity contribution in [2.24, 2.45) is 0 Å². The molecule has 2 rings (SSSR count). The van der Waals surface area contributed by atoms with Gasteiger partial charge in [-0.25, -0.2) is 4.68 Å². The van der Waals surface area contributed by atoms with Crippen molar-refractivity contribution in [1.82, 2.24) is 9.78 Å². The number of fused-ring (bicyclic) bond motifs is 1. The summed E-state index contributed by atoms with van der Waals surface area (Å²) < 4.78 is 6.54. The highest BCUT2D eigenvalue weighted by atomic mass is 16.5. The van der Waals surface area contributed by atoms with E-state index >= 15 is 0 Å². The molecule has 1 aromatic carbocycles. The van der Waals surface area contributed by atoms with Gasteiger partial charge in [0.05, 0.1) is 11.6 Å². The highest BCUT2D eigenvalue weighted by Crippen LogP contribution is 2.06. The third-order valence-electron chi connectivity index (χ3n) is 2.98. The fraction of sp³-hybridized carbons (Fsp3) is 0.429. The first kappa shape index (κ1) is 12.8. The molecule has 18 heavy (non-hydrogen) atoms. The Morgan fingerprint density at radius 1 is 1.22 bits per heavy atom. The van der Waals surface area contributed by atoms with Gasteiger partial charge in [-0.2, -0.15) is 5.10 Å². The molecule has 0 amide bonds. The van der Waals surface area contributed by atoms with Crippen LogP contribution in [0, 0.1) is 0 Å². The van der Waals surface area contributed by atoms with E-state index in [1.54, 1.807) is 18.0 Å². The van der Waals surface area contributed by atoms with Gasteiger partial charge in [0.1, 0.15) is 0 Å². The highest BCUT2D eigenvalue weighted by Gasteiger charge is 2.02. The monoisotopic (exact) mass is 246 g/mol. The van der Waals surface area contributed by atoms with Crippen LogP contribution < -0.4 is 5.56 Å². The number of rotatable bonds is 6. The summed E-state index contributed by atoms with van der Waals surface area (Å²) in [5.74, 6) is 0. The molecule has 1 heterocycles. The van der Waals surface area contributed by atoms with Crippen LogP contribution in [0.25, 0.3) is 10.8 Å². The molecule has 0 N–H and O–H groups in total. The van der Waals surface area contributed by atoms with Crippen LogP contribution in [0.1, 0.15) is 19.3 Å². The molecule has 0 radical (unpaired) electrons. The minimum absolute atomic E-state index is 0.000147. The molecule has 0 aliphatic carbocycles. The second-order valence-corrected chi connectivity index (χ2v) is 4.31. The fourth-order valence-electron chi connectivity index (χ4n) is 1.97. The van der Waals surface area contributed by atoms with E-state index in [9.17, 15) is 4.79 Å². The van der Waals surface area contributed by atoms with Gasteiger partial charge in [0.15, 0.2) is 0 Å². The number of hydrogen-bond donors (Lipinski definition) is 0. The van der Waals surface area contributed by atoms with Gasteiger partial charge in [-0.15, -0.1) is 0 Å². The Morgan fingerprint density at radius 3 is 2.89 bits per heavy atom. The Bertz CT molecular complexity index is 563. The van der Waals surface area contributed by atoms with Gasteiger partial charge in [0.25, 0.3) is 5.56 Å². The molecule has 96 valence electrons. The van der Waals surface area contributed by atoms with Crippen molar-refractivity contribution in [3.8, 4) is 0 Å². The summed E-state index contributed by atoms with van der Waals surface area (Å²) in [5, 5.41) is 5.84. The lowest BCUT2D eigenvalue weighted by atomic mass is 10.2. The molecular weight excluding hydrogens is 228 g/mol. The first-order valence-corrected chi connectivity index (χ1v) is 6.27. The van der Waals surface area contributed by atoms with Crippen molar-refractivity contribution in [2.75, 3.05) is 13.7 Å². The Morgan fingerprint density at radius 2 is 2.06 bits per heavy atom. The van der Waals surface area contributed by atoms with Crippen LogP contribution in [0.15, 0.2) is 35.3 Å². The molecular formula is C14H18N2O2. The van der Waals surface area contributed by atoms with Crippen LogP contribution in [0.2, 0.25) is 0 Å². The minimum Gasteiger partial charge on any atom is -0.385 e. The van der Waals surface area contributed by atoms with Crippen LogP contribution in [0.5, 0.6) is 0 Å². The third-order valence-corrected chi connectivity index (χ3v) is 2.98. The third kappa shape index (κ3) is 2.96. The van der Waals surface area contributed by atoms with E-state index in [4.69, 9.17) is 4.74 Å². The zero-order valence-electron chi connectivity index (χ0n) is 10.6. The number of nitrogens with zero attached hydrogens (tertiary/aromatic N) is 2. The van der Waals surface area contributed by atoms with Crippen molar-refractivity contribution in [3.05, 3.63) is 40.8 Å². The van der Waals surface area contributed by atoms with E-state index in [2.05, 4.69) is 5.10 Å². The number of hydrogen-bond acceptors (Lipinski definition) is 3. The molecule has 0 unspecified atom stereocenters. The van der Waals surface area contributed by atoms with Gasteiger partial charge < -0.3 is 4.74 Å². The second kappa shape index (κ2) is 6.31. The summed E-state index contributed by atoms with van der Waals surface area (Å²) in [5.41, 5.74) is -0.000147. The average Bonchev–Trinajstić information content (AvgIpc) is 2.41. The zero-order valence-corrected chi connectivity index (χ0v) is 10.6. The van der Waals surface area contributed by atoms with Crippen molar-refractivity contribution in [3.63, 3.8) is 0 Å². The number of aryl methyl sites for hydroxylation is 1. The number of unbranched alkanes of at least 4 members (excludes halogenated alkanes) is 2. The Hall–Kier alpha value is -1.68. The zero-order chi connectivity index (χ0) is 12.8. The Labute approximate surface area is 106 Å². The minimum atomic E-state index is -0.000147. The number of ether oxygens (including phenoxy) is 1. The molecule has 0 aliphatic rings. The van der Waals surface area contributed by atoms with Crippen LogP contribution >= 0.6 is 0 Å². The van der Waals surface area contributed by atoms with E-state index in [-0.39, 0.29) is 5.56 Å². The van der Waals surface area contributed by atoms with Gasteiger partial charge in [-0.05, 0) is 25.3 Å². The molecule has 0 saturated carbocycles. The molecule has 4 heteroatoms. The largest absolute Gasteiger partial charge is 0.385 e. The first-order valence-electron chi connectivity index (χ1n) is 6.27. The highest BCUT2D eigenvalue weighted by molar-refractivity contribution is 5.80. The lowest BCUT2D eigenvalue weighted by Crippen LogP contribution is -2.22. The second-order valence-electron chi connectivity index (χ2n) is 4.31. The predicted molar refractivity (Wildman–Crippen MR) is 71.7 cm³/mol. The van der Waals surface area contributed by atoms with Gasteiger partial charge >= 0.3 is 0 Å². The Kier molecular flexibility index (Phi) is 4.47. The van der Waals surface area contributed by atoms with Gasteiger partial charge in [0, 0.05) is 25.6 Å². The number of methoxy groups -OCH3 is 1. The topological polar surface area (TPSA) is 44.1 Å². The summed E-state index contributed by atoms with van der Waals surface area (Å²) in [6.45, 7) is 1.45. The molecule has 4 nitrogen and oxygen atoms in total. The molecule has 0 aliphatic heterocycles. The van der Waals surface area contributed by atoms with Crippen LogP contribution in [0.3, 0.4) is 0 Å². The van der Waals surface area contributed by atoms with E-state index < -0.39 is 0 Å². The lowest BCUT2D eigenvalue weighted by molar-refractivity contribution is 0.191. The average molecular weight is 246 g/mol. The van der Waals surface area contributed by atoms with E-state index in [1.807, 2.05) is 24.3 Å². The smallest absolute Gasteiger partial charge is 0.274 e. The standard InChI is InChI=1S/C14H18N2O2/c1-18-10-6-2-5-9-16-14(17)13-8-4-3-7-12(13)11-15-16/h3-4,7-8,11H,2,5-6,9-10H2,1H3. The summed E-state index contributed by atoms with van der Waals surface area (Å²) in [7, 11) is 1.70. The summed E-state index contributed by atoms with van der Waals surface area (Å²) in [4.78, 5) is 12.1. The maximum absolute atomic E-state index is 12.1. The molecule has 0 bridgehead atoms. The maximum Gasteiger partial charge on any atom is 0.274 e. The van der Waals surface area contributed by atoms with E-state index in [0.717, 1.165) is 36.6 Å². The Balaban J connectivity index is 2.05. The SMILES string of the molecule is COCCCCCn1ncc2ccccc2c1=O. The van der Waals surface area contributed by atoms with Crippen molar-refractivity contribution in [1.29, 1.82) is 0 Å². The van der Waals surface area contributed by atoms with E-state index in [1.165, 1.54) is 0 Å². The van der Waals surface area contributed by atoms with Crippen LogP contribution in [0.4, 0.5) is 0 Å². The van der Waals surface area contributed by atoms with Gasteiger partial charge in [0.2, 0.25) is 0 Å². The molecule has 0 saturated heterocycles. The van der Waals surface area contributed by atoms with Crippen LogP contribution in [-0.2, 0) is 11.3 Å². The van der Waals surface area contributed by atoms with Crippen molar-refractivity contribution >= 4 is 10.8 Å². The summed E-state index contributed by atoms with van der Waals surface area (Å²) >= 11 is 0. The molecule has 0 atom stereocenters. The summed E-state index contributed by atoms with van der Waals surface area (Å²) in [6.07, 6.45) is 4.79. The maximum atomic E-state index is 12.1. The van der Waals surface area contributed by atoms with Crippen molar-refractivity contribution in [2.45, 2.75) is 25.8 Å². The van der Waals surface area contributed by atoms with Crippen molar-refractivity contribution < 1.29 is 4.74 Å². The summed E-state index contributed by atoms with van der Waals surface area (Å²) in [6, 6.07) is 7.55. The van der Waals surface area contributed by atoms with Gasteiger partial charge in [-0.1, -0.05) is 18.2 Å². The van der Waals surface area contributed by atoms with E-state index in [0.29, 0.717) is 6.54 Å². The molecule has 1 aromatic heterocycles.